The molecule has 0 spiro atoms. The van der Waals surface area contributed by atoms with Crippen LogP contribution in [0.5, 0.6) is 0 Å². The number of fused-ring (bicyclic) bond motifs is 3. The van der Waals surface area contributed by atoms with Gasteiger partial charge in [0.15, 0.2) is 0 Å². The molecule has 2 aliphatic rings. The average molecular weight is 230 g/mol. The van der Waals surface area contributed by atoms with E-state index in [2.05, 4.69) is 42.3 Å². The number of nitrogens with one attached hydrogen (secondary N) is 1. The van der Waals surface area contributed by atoms with Gasteiger partial charge < -0.3 is 10.2 Å². The van der Waals surface area contributed by atoms with Crippen LogP contribution in [0.4, 0.5) is 5.69 Å². The minimum atomic E-state index is 0.640. The third-order valence-electron chi connectivity index (χ3n) is 4.13. The van der Waals surface area contributed by atoms with Crippen molar-refractivity contribution in [2.75, 3.05) is 24.5 Å². The highest BCUT2D eigenvalue weighted by atomic mass is 15.2. The lowest BCUT2D eigenvalue weighted by Crippen LogP contribution is -2.36. The second kappa shape index (κ2) is 4.34. The van der Waals surface area contributed by atoms with Gasteiger partial charge in [0.25, 0.3) is 0 Å². The highest BCUT2D eigenvalue weighted by Gasteiger charge is 2.31. The van der Waals surface area contributed by atoms with Gasteiger partial charge in [-0.25, -0.2) is 0 Å². The lowest BCUT2D eigenvalue weighted by atomic mass is 9.94. The molecule has 2 nitrogen and oxygen atoms in total. The van der Waals surface area contributed by atoms with Crippen molar-refractivity contribution in [2.45, 2.75) is 38.6 Å². The van der Waals surface area contributed by atoms with Crippen LogP contribution in [-0.2, 0) is 6.42 Å². The third kappa shape index (κ3) is 1.85. The number of benzene rings is 1. The van der Waals surface area contributed by atoms with E-state index in [1.165, 1.54) is 31.6 Å². The molecule has 92 valence electrons. The molecule has 1 saturated heterocycles. The van der Waals surface area contributed by atoms with Crippen molar-refractivity contribution in [1.82, 2.24) is 5.32 Å². The maximum Gasteiger partial charge on any atom is 0.0455 e. The number of hydrogen-bond acceptors (Lipinski definition) is 2. The summed E-state index contributed by atoms with van der Waals surface area (Å²) >= 11 is 0. The van der Waals surface area contributed by atoms with Gasteiger partial charge in [-0.15, -0.1) is 0 Å². The Hall–Kier alpha value is -1.02. The highest BCUT2D eigenvalue weighted by molar-refractivity contribution is 5.63. The average Bonchev–Trinajstić information content (AvgIpc) is 2.52. The Kier molecular flexibility index (Phi) is 2.83. The van der Waals surface area contributed by atoms with Gasteiger partial charge in [0.2, 0.25) is 0 Å². The summed E-state index contributed by atoms with van der Waals surface area (Å²) in [4.78, 5) is 2.63. The summed E-state index contributed by atoms with van der Waals surface area (Å²) in [7, 11) is 0. The van der Waals surface area contributed by atoms with Crippen LogP contribution in [0.25, 0.3) is 0 Å². The van der Waals surface area contributed by atoms with E-state index in [0.717, 1.165) is 6.54 Å². The topological polar surface area (TPSA) is 15.3 Å². The summed E-state index contributed by atoms with van der Waals surface area (Å²) < 4.78 is 0. The minimum Gasteiger partial charge on any atom is -0.367 e. The van der Waals surface area contributed by atoms with Crippen LogP contribution in [0.3, 0.4) is 0 Å². The van der Waals surface area contributed by atoms with Crippen LogP contribution in [-0.4, -0.2) is 25.7 Å². The van der Waals surface area contributed by atoms with Crippen LogP contribution >= 0.6 is 0 Å². The molecular weight excluding hydrogens is 208 g/mol. The number of hydrogen-bond donors (Lipinski definition) is 1. The predicted octanol–water partition coefficient (Wildman–Crippen LogP) is 2.53. The van der Waals surface area contributed by atoms with Crippen LogP contribution in [0.15, 0.2) is 18.2 Å². The molecular formula is C15H22N2. The molecule has 1 N–H and O–H groups in total. The monoisotopic (exact) mass is 230 g/mol. The summed E-state index contributed by atoms with van der Waals surface area (Å²) in [6.07, 6.45) is 2.50. The SMILES string of the molecule is CC(C)c1cccc2c1CC1CNCCCN21. The summed E-state index contributed by atoms with van der Waals surface area (Å²) in [6.45, 7) is 8.14. The molecule has 1 unspecified atom stereocenters. The van der Waals surface area contributed by atoms with Crippen molar-refractivity contribution >= 4 is 5.69 Å². The van der Waals surface area contributed by atoms with Gasteiger partial charge in [-0.3, -0.25) is 0 Å². The molecule has 0 radical (unpaired) electrons. The van der Waals surface area contributed by atoms with Crippen molar-refractivity contribution in [3.63, 3.8) is 0 Å². The molecule has 1 atom stereocenters. The second-order valence-electron chi connectivity index (χ2n) is 5.61. The van der Waals surface area contributed by atoms with Crippen LogP contribution in [0, 0.1) is 0 Å². The summed E-state index contributed by atoms with van der Waals surface area (Å²) in [5, 5.41) is 3.56. The lowest BCUT2D eigenvalue weighted by Gasteiger charge is -2.24. The van der Waals surface area contributed by atoms with Gasteiger partial charge in [0.1, 0.15) is 0 Å². The fourth-order valence-electron chi connectivity index (χ4n) is 3.30. The standard InChI is InChI=1S/C15H22N2/c1-11(2)13-5-3-6-15-14(13)9-12-10-16-7-4-8-17(12)15/h3,5-6,11-12,16H,4,7-10H2,1-2H3. The Morgan fingerprint density at radius 3 is 3.06 bits per heavy atom. The van der Waals surface area contributed by atoms with Crippen molar-refractivity contribution < 1.29 is 0 Å². The smallest absolute Gasteiger partial charge is 0.0455 e. The molecule has 1 aromatic rings. The Morgan fingerprint density at radius 2 is 2.24 bits per heavy atom. The predicted molar refractivity (Wildman–Crippen MR) is 72.9 cm³/mol. The van der Waals surface area contributed by atoms with Crippen LogP contribution in [0.2, 0.25) is 0 Å². The molecule has 2 aliphatic heterocycles. The van der Waals surface area contributed by atoms with Crippen molar-refractivity contribution in [3.05, 3.63) is 29.3 Å². The van der Waals surface area contributed by atoms with Crippen molar-refractivity contribution in [2.24, 2.45) is 0 Å². The normalized spacial score (nSPS) is 23.5. The number of anilines is 1. The van der Waals surface area contributed by atoms with E-state index in [1.807, 2.05) is 0 Å². The first-order valence-electron chi connectivity index (χ1n) is 6.86. The zero-order valence-electron chi connectivity index (χ0n) is 10.9. The molecule has 1 fully saturated rings. The van der Waals surface area contributed by atoms with Gasteiger partial charge in [-0.2, -0.15) is 0 Å². The Balaban J connectivity index is 2.00. The molecule has 0 aromatic heterocycles. The van der Waals surface area contributed by atoms with Crippen molar-refractivity contribution in [3.8, 4) is 0 Å². The van der Waals surface area contributed by atoms with E-state index in [9.17, 15) is 0 Å². The maximum atomic E-state index is 3.56. The van der Waals surface area contributed by atoms with Crippen LogP contribution in [0.1, 0.15) is 37.3 Å². The molecule has 1 aromatic carbocycles. The first-order chi connectivity index (χ1) is 8.27. The maximum absolute atomic E-state index is 3.56. The fraction of sp³-hybridized carbons (Fsp3) is 0.600. The van der Waals surface area contributed by atoms with E-state index in [-0.39, 0.29) is 0 Å². The van der Waals surface area contributed by atoms with Gasteiger partial charge in [0.05, 0.1) is 0 Å². The van der Waals surface area contributed by atoms with Crippen molar-refractivity contribution in [1.29, 1.82) is 0 Å². The van der Waals surface area contributed by atoms with E-state index >= 15 is 0 Å². The molecule has 0 amide bonds. The van der Waals surface area contributed by atoms with Gasteiger partial charge in [0, 0.05) is 24.8 Å². The van der Waals surface area contributed by atoms with E-state index in [0.29, 0.717) is 12.0 Å². The van der Waals surface area contributed by atoms with E-state index in [4.69, 9.17) is 0 Å². The van der Waals surface area contributed by atoms with E-state index < -0.39 is 0 Å². The Labute approximate surface area is 104 Å². The first-order valence-corrected chi connectivity index (χ1v) is 6.86. The zero-order valence-corrected chi connectivity index (χ0v) is 10.9. The molecule has 0 saturated carbocycles. The fourth-order valence-corrected chi connectivity index (χ4v) is 3.30. The molecule has 0 aliphatic carbocycles. The zero-order chi connectivity index (χ0) is 11.8. The molecule has 2 heteroatoms. The van der Waals surface area contributed by atoms with Gasteiger partial charge in [-0.1, -0.05) is 26.0 Å². The molecule has 2 heterocycles. The Morgan fingerprint density at radius 1 is 1.35 bits per heavy atom. The quantitative estimate of drug-likeness (QED) is 0.797. The number of nitrogens with zero attached hydrogens (tertiary/aromatic N) is 1. The minimum absolute atomic E-state index is 0.640. The molecule has 3 rings (SSSR count). The van der Waals surface area contributed by atoms with Gasteiger partial charge in [-0.05, 0) is 42.5 Å². The highest BCUT2D eigenvalue weighted by Crippen LogP contribution is 2.37. The van der Waals surface area contributed by atoms with Gasteiger partial charge >= 0.3 is 0 Å². The summed E-state index contributed by atoms with van der Waals surface area (Å²) in [6, 6.07) is 7.54. The molecule has 0 bridgehead atoms. The second-order valence-corrected chi connectivity index (χ2v) is 5.61. The Bertz CT molecular complexity index is 411. The van der Waals surface area contributed by atoms with Crippen LogP contribution < -0.4 is 10.2 Å². The molecule has 17 heavy (non-hydrogen) atoms. The summed E-state index contributed by atoms with van der Waals surface area (Å²) in [5.74, 6) is 0.640. The summed E-state index contributed by atoms with van der Waals surface area (Å²) in [5.41, 5.74) is 4.66. The third-order valence-corrected chi connectivity index (χ3v) is 4.13. The van der Waals surface area contributed by atoms with E-state index in [1.54, 1.807) is 11.1 Å². The number of rotatable bonds is 1. The lowest BCUT2D eigenvalue weighted by molar-refractivity contribution is 0.611. The first kappa shape index (κ1) is 11.1. The largest absolute Gasteiger partial charge is 0.367 e.